The summed E-state index contributed by atoms with van der Waals surface area (Å²) >= 11 is 0. The van der Waals surface area contributed by atoms with Crippen molar-refractivity contribution >= 4 is 18.0 Å². The number of cyclic esters (lactones) is 1. The van der Waals surface area contributed by atoms with Crippen molar-refractivity contribution in [2.45, 2.75) is 32.8 Å². The molecule has 0 saturated carbocycles. The lowest BCUT2D eigenvalue weighted by Crippen LogP contribution is -2.36. The van der Waals surface area contributed by atoms with Crippen LogP contribution in [0, 0.1) is 5.92 Å². The fourth-order valence-corrected chi connectivity index (χ4v) is 1.99. The fourth-order valence-electron chi connectivity index (χ4n) is 1.99. The largest absolute Gasteiger partial charge is 0.444 e. The molecular weight excluding hydrogens is 236 g/mol. The molecule has 1 unspecified atom stereocenters. The minimum atomic E-state index is -0.494. The average molecular weight is 254 g/mol. The monoisotopic (exact) mass is 254 g/mol. The first-order valence-electron chi connectivity index (χ1n) is 6.08. The highest BCUT2D eigenvalue weighted by Crippen LogP contribution is 2.22. The topological polar surface area (TPSA) is 68.2 Å². The number of hydrogen-bond donors (Lipinski definition) is 0. The standard InChI is InChI=1S/C12H18N2O4/c1-12(2,3)18-11(16)14-5-4-8(7-14)10-13-6-9(15)17-10/h8H,4-7H2,1-3H3. The number of aliphatic imine (C=N–C) groups is 1. The lowest BCUT2D eigenvalue weighted by Gasteiger charge is -2.24. The quantitative estimate of drug-likeness (QED) is 0.659. The van der Waals surface area contributed by atoms with Crippen LogP contribution in [0.25, 0.3) is 0 Å². The predicted octanol–water partition coefficient (Wildman–Crippen LogP) is 1.20. The van der Waals surface area contributed by atoms with Gasteiger partial charge in [0.25, 0.3) is 0 Å². The zero-order valence-electron chi connectivity index (χ0n) is 10.9. The van der Waals surface area contributed by atoms with E-state index < -0.39 is 5.60 Å². The third kappa shape index (κ3) is 3.00. The van der Waals surface area contributed by atoms with Crippen LogP contribution in [0.3, 0.4) is 0 Å². The van der Waals surface area contributed by atoms with Crippen molar-refractivity contribution in [2.75, 3.05) is 19.6 Å². The number of carbonyl (C=O) groups excluding carboxylic acids is 2. The van der Waals surface area contributed by atoms with Crippen LogP contribution in [0.15, 0.2) is 4.99 Å². The van der Waals surface area contributed by atoms with Gasteiger partial charge >= 0.3 is 12.1 Å². The van der Waals surface area contributed by atoms with E-state index in [0.717, 1.165) is 6.42 Å². The third-order valence-corrected chi connectivity index (χ3v) is 2.77. The molecule has 0 aromatic carbocycles. The van der Waals surface area contributed by atoms with Gasteiger partial charge in [0, 0.05) is 13.1 Å². The van der Waals surface area contributed by atoms with Gasteiger partial charge in [-0.15, -0.1) is 0 Å². The van der Waals surface area contributed by atoms with Crippen molar-refractivity contribution in [3.8, 4) is 0 Å². The van der Waals surface area contributed by atoms with E-state index in [0.29, 0.717) is 19.0 Å². The zero-order chi connectivity index (χ0) is 13.3. The Morgan fingerprint density at radius 3 is 2.78 bits per heavy atom. The van der Waals surface area contributed by atoms with Gasteiger partial charge in [-0.25, -0.2) is 14.6 Å². The number of rotatable bonds is 1. The first kappa shape index (κ1) is 12.9. The van der Waals surface area contributed by atoms with Crippen LogP contribution in [-0.4, -0.2) is 48.1 Å². The Hall–Kier alpha value is -1.59. The highest BCUT2D eigenvalue weighted by atomic mass is 16.6. The van der Waals surface area contributed by atoms with Gasteiger partial charge in [0.1, 0.15) is 12.1 Å². The molecule has 1 saturated heterocycles. The van der Waals surface area contributed by atoms with Crippen LogP contribution >= 0.6 is 0 Å². The summed E-state index contributed by atoms with van der Waals surface area (Å²) in [5.41, 5.74) is -0.494. The van der Waals surface area contributed by atoms with Gasteiger partial charge in [0.05, 0.1) is 5.92 Å². The van der Waals surface area contributed by atoms with E-state index in [1.165, 1.54) is 0 Å². The van der Waals surface area contributed by atoms with Crippen LogP contribution in [-0.2, 0) is 14.3 Å². The summed E-state index contributed by atoms with van der Waals surface area (Å²) in [6, 6.07) is 0. The van der Waals surface area contributed by atoms with Crippen LogP contribution < -0.4 is 0 Å². The summed E-state index contributed by atoms with van der Waals surface area (Å²) in [4.78, 5) is 28.5. The Labute approximate surface area is 106 Å². The molecule has 2 aliphatic rings. The van der Waals surface area contributed by atoms with Gasteiger partial charge < -0.3 is 14.4 Å². The molecule has 0 bridgehead atoms. The second kappa shape index (κ2) is 4.59. The summed E-state index contributed by atoms with van der Waals surface area (Å²) in [6.07, 6.45) is 0.431. The molecule has 0 aromatic rings. The van der Waals surface area contributed by atoms with Crippen molar-refractivity contribution in [1.82, 2.24) is 4.90 Å². The average Bonchev–Trinajstić information content (AvgIpc) is 2.82. The van der Waals surface area contributed by atoms with Gasteiger partial charge in [-0.05, 0) is 27.2 Å². The second-order valence-electron chi connectivity index (χ2n) is 5.54. The molecule has 0 radical (unpaired) electrons. The Morgan fingerprint density at radius 1 is 1.50 bits per heavy atom. The van der Waals surface area contributed by atoms with Crippen molar-refractivity contribution < 1.29 is 19.1 Å². The van der Waals surface area contributed by atoms with Crippen molar-refractivity contribution in [1.29, 1.82) is 0 Å². The molecule has 0 aromatic heterocycles. The van der Waals surface area contributed by atoms with E-state index in [1.807, 2.05) is 20.8 Å². The van der Waals surface area contributed by atoms with E-state index in [4.69, 9.17) is 9.47 Å². The predicted molar refractivity (Wildman–Crippen MR) is 64.3 cm³/mol. The van der Waals surface area contributed by atoms with E-state index in [9.17, 15) is 9.59 Å². The van der Waals surface area contributed by atoms with Gasteiger partial charge in [0.15, 0.2) is 5.90 Å². The number of hydrogen-bond acceptors (Lipinski definition) is 5. The molecule has 18 heavy (non-hydrogen) atoms. The maximum atomic E-state index is 11.8. The van der Waals surface area contributed by atoms with Gasteiger partial charge in [0.2, 0.25) is 0 Å². The van der Waals surface area contributed by atoms with Gasteiger partial charge in [-0.1, -0.05) is 0 Å². The Kier molecular flexibility index (Phi) is 3.28. The molecule has 100 valence electrons. The Morgan fingerprint density at radius 2 is 2.22 bits per heavy atom. The number of nitrogens with zero attached hydrogens (tertiary/aromatic N) is 2. The van der Waals surface area contributed by atoms with E-state index in [2.05, 4.69) is 4.99 Å². The molecule has 2 aliphatic heterocycles. The Bertz CT molecular complexity index is 397. The van der Waals surface area contributed by atoms with E-state index in [-0.39, 0.29) is 24.5 Å². The number of ether oxygens (including phenoxy) is 2. The molecule has 1 fully saturated rings. The van der Waals surface area contributed by atoms with Crippen LogP contribution in [0.2, 0.25) is 0 Å². The molecule has 6 heteroatoms. The number of esters is 1. The normalized spacial score (nSPS) is 23.9. The molecule has 0 aliphatic carbocycles. The molecule has 0 N–H and O–H groups in total. The number of likely N-dealkylation sites (tertiary alicyclic amines) is 1. The lowest BCUT2D eigenvalue weighted by atomic mass is 10.1. The van der Waals surface area contributed by atoms with Gasteiger partial charge in [-0.3, -0.25) is 0 Å². The minimum Gasteiger partial charge on any atom is -0.444 e. The third-order valence-electron chi connectivity index (χ3n) is 2.77. The molecule has 6 nitrogen and oxygen atoms in total. The van der Waals surface area contributed by atoms with Crippen molar-refractivity contribution in [3.63, 3.8) is 0 Å². The molecule has 2 rings (SSSR count). The molecule has 1 amide bonds. The first-order chi connectivity index (χ1) is 8.35. The summed E-state index contributed by atoms with van der Waals surface area (Å²) < 4.78 is 10.3. The SMILES string of the molecule is CC(C)(C)OC(=O)N1CCC(C2=NCC(=O)O2)C1. The van der Waals surface area contributed by atoms with Gasteiger partial charge in [-0.2, -0.15) is 0 Å². The zero-order valence-corrected chi connectivity index (χ0v) is 10.9. The smallest absolute Gasteiger partial charge is 0.410 e. The highest BCUT2D eigenvalue weighted by molar-refractivity contribution is 5.96. The molecular formula is C12H18N2O4. The highest BCUT2D eigenvalue weighted by Gasteiger charge is 2.35. The molecule has 1 atom stereocenters. The Balaban J connectivity index is 1.89. The maximum absolute atomic E-state index is 11.8. The summed E-state index contributed by atoms with van der Waals surface area (Å²) in [5, 5.41) is 0. The molecule has 2 heterocycles. The van der Waals surface area contributed by atoms with Crippen molar-refractivity contribution in [2.24, 2.45) is 10.9 Å². The number of amides is 1. The van der Waals surface area contributed by atoms with E-state index >= 15 is 0 Å². The first-order valence-corrected chi connectivity index (χ1v) is 6.08. The second-order valence-corrected chi connectivity index (χ2v) is 5.54. The van der Waals surface area contributed by atoms with Crippen LogP contribution in [0.4, 0.5) is 4.79 Å². The van der Waals surface area contributed by atoms with Crippen molar-refractivity contribution in [3.05, 3.63) is 0 Å². The molecule has 0 spiro atoms. The lowest BCUT2D eigenvalue weighted by molar-refractivity contribution is -0.132. The number of carbonyl (C=O) groups is 2. The van der Waals surface area contributed by atoms with Crippen LogP contribution in [0.5, 0.6) is 0 Å². The van der Waals surface area contributed by atoms with Crippen LogP contribution in [0.1, 0.15) is 27.2 Å². The summed E-state index contributed by atoms with van der Waals surface area (Å²) in [5.74, 6) is 0.163. The summed E-state index contributed by atoms with van der Waals surface area (Å²) in [6.45, 7) is 6.71. The van der Waals surface area contributed by atoms with E-state index in [1.54, 1.807) is 4.90 Å². The summed E-state index contributed by atoms with van der Waals surface area (Å²) in [7, 11) is 0. The maximum Gasteiger partial charge on any atom is 0.410 e. The minimum absolute atomic E-state index is 0.0176. The fraction of sp³-hybridized carbons (Fsp3) is 0.750.